The zero-order valence-electron chi connectivity index (χ0n) is 9.20. The topological polar surface area (TPSA) is 20.2 Å². The van der Waals surface area contributed by atoms with Crippen molar-refractivity contribution in [3.8, 4) is 0 Å². The molecule has 2 unspecified atom stereocenters. The van der Waals surface area contributed by atoms with Crippen molar-refractivity contribution in [2.24, 2.45) is 5.92 Å². The Bertz CT molecular complexity index is 319. The monoisotopic (exact) mass is 232 g/mol. The van der Waals surface area contributed by atoms with Crippen molar-refractivity contribution in [3.05, 3.63) is 35.9 Å². The molecule has 1 nitrogen and oxygen atoms in total. The fourth-order valence-electron chi connectivity index (χ4n) is 1.81. The molecular weight excluding hydrogens is 217 g/mol. The third-order valence-corrected chi connectivity index (χ3v) is 2.58. The molecule has 0 bridgehead atoms. The van der Waals surface area contributed by atoms with Crippen LogP contribution in [0.5, 0.6) is 0 Å². The number of benzene rings is 1. The third-order valence-electron chi connectivity index (χ3n) is 2.58. The molecule has 2 atom stereocenters. The van der Waals surface area contributed by atoms with Crippen LogP contribution in [0.25, 0.3) is 0 Å². The minimum absolute atomic E-state index is 0.279. The largest absolute Gasteiger partial charge is 0.414 e. The summed E-state index contributed by atoms with van der Waals surface area (Å²) in [5.41, 5.74) is 0.516. The zero-order chi connectivity index (χ0) is 12.3. The van der Waals surface area contributed by atoms with Gasteiger partial charge >= 0.3 is 6.18 Å². The molecule has 0 aliphatic heterocycles. The Hall–Kier alpha value is -1.03. The van der Waals surface area contributed by atoms with Crippen molar-refractivity contribution in [1.82, 2.24) is 0 Å². The molecule has 0 heterocycles. The SMILES string of the molecule is CC(C)C(c1ccccc1)C(O)C(F)(F)F. The van der Waals surface area contributed by atoms with E-state index in [0.29, 0.717) is 5.56 Å². The van der Waals surface area contributed by atoms with E-state index in [9.17, 15) is 18.3 Å². The second kappa shape index (κ2) is 4.87. The Kier molecular flexibility index (Phi) is 3.97. The smallest absolute Gasteiger partial charge is 0.383 e. The lowest BCUT2D eigenvalue weighted by molar-refractivity contribution is -0.213. The molecular formula is C12H15F3O. The van der Waals surface area contributed by atoms with Gasteiger partial charge in [0.2, 0.25) is 0 Å². The Labute approximate surface area is 92.9 Å². The highest BCUT2D eigenvalue weighted by Gasteiger charge is 2.44. The standard InChI is InChI=1S/C12H15F3O/c1-8(2)10(11(16)12(13,14)15)9-6-4-3-5-7-9/h3-8,10-11,16H,1-2H3. The number of rotatable bonds is 3. The summed E-state index contributed by atoms with van der Waals surface area (Å²) >= 11 is 0. The zero-order valence-corrected chi connectivity index (χ0v) is 9.20. The van der Waals surface area contributed by atoms with Crippen LogP contribution in [0.3, 0.4) is 0 Å². The summed E-state index contributed by atoms with van der Waals surface area (Å²) in [5, 5.41) is 9.34. The van der Waals surface area contributed by atoms with E-state index in [1.54, 1.807) is 44.2 Å². The van der Waals surface area contributed by atoms with Gasteiger partial charge in [0.05, 0.1) is 0 Å². The van der Waals surface area contributed by atoms with Crippen molar-refractivity contribution < 1.29 is 18.3 Å². The minimum atomic E-state index is -4.58. The van der Waals surface area contributed by atoms with Gasteiger partial charge < -0.3 is 5.11 Å². The minimum Gasteiger partial charge on any atom is -0.383 e. The number of hydrogen-bond donors (Lipinski definition) is 1. The van der Waals surface area contributed by atoms with E-state index in [4.69, 9.17) is 0 Å². The molecule has 0 saturated heterocycles. The number of hydrogen-bond acceptors (Lipinski definition) is 1. The molecule has 0 radical (unpaired) electrons. The molecule has 0 aliphatic rings. The van der Waals surface area contributed by atoms with Gasteiger partial charge in [-0.1, -0.05) is 44.2 Å². The van der Waals surface area contributed by atoms with E-state index in [1.807, 2.05) is 0 Å². The second-order valence-corrected chi connectivity index (χ2v) is 4.17. The van der Waals surface area contributed by atoms with Gasteiger partial charge in [-0.3, -0.25) is 0 Å². The summed E-state index contributed by atoms with van der Waals surface area (Å²) in [7, 11) is 0. The van der Waals surface area contributed by atoms with Gasteiger partial charge in [0.15, 0.2) is 6.10 Å². The fraction of sp³-hybridized carbons (Fsp3) is 0.500. The Morgan fingerprint density at radius 1 is 1.06 bits per heavy atom. The van der Waals surface area contributed by atoms with Crippen LogP contribution in [0.4, 0.5) is 13.2 Å². The predicted molar refractivity (Wildman–Crippen MR) is 56.1 cm³/mol. The molecule has 0 spiro atoms. The summed E-state index contributed by atoms with van der Waals surface area (Å²) in [6.45, 7) is 3.35. The first-order valence-corrected chi connectivity index (χ1v) is 5.13. The van der Waals surface area contributed by atoms with Crippen LogP contribution in [-0.4, -0.2) is 17.4 Å². The van der Waals surface area contributed by atoms with E-state index >= 15 is 0 Å². The van der Waals surface area contributed by atoms with Crippen LogP contribution in [-0.2, 0) is 0 Å². The van der Waals surface area contributed by atoms with Crippen LogP contribution in [0, 0.1) is 5.92 Å². The van der Waals surface area contributed by atoms with Gasteiger partial charge in [0.1, 0.15) is 0 Å². The van der Waals surface area contributed by atoms with Crippen LogP contribution >= 0.6 is 0 Å². The first-order chi connectivity index (χ1) is 7.34. The maximum absolute atomic E-state index is 12.5. The lowest BCUT2D eigenvalue weighted by atomic mass is 9.83. The summed E-state index contributed by atoms with van der Waals surface area (Å²) in [4.78, 5) is 0. The van der Waals surface area contributed by atoms with E-state index < -0.39 is 18.2 Å². The van der Waals surface area contributed by atoms with Gasteiger partial charge in [-0.2, -0.15) is 13.2 Å². The summed E-state index contributed by atoms with van der Waals surface area (Å²) < 4.78 is 37.5. The van der Waals surface area contributed by atoms with Crippen molar-refractivity contribution in [2.75, 3.05) is 0 Å². The van der Waals surface area contributed by atoms with Gasteiger partial charge in [0.25, 0.3) is 0 Å². The van der Waals surface area contributed by atoms with Crippen LogP contribution in [0.1, 0.15) is 25.3 Å². The first kappa shape index (κ1) is 13.0. The number of aliphatic hydroxyl groups is 1. The summed E-state index contributed by atoms with van der Waals surface area (Å²) in [6, 6.07) is 8.31. The number of halogens is 3. The molecule has 0 amide bonds. The molecule has 1 aromatic carbocycles. The number of alkyl halides is 3. The van der Waals surface area contributed by atoms with Crippen molar-refractivity contribution in [3.63, 3.8) is 0 Å². The molecule has 0 saturated carbocycles. The number of aliphatic hydroxyl groups excluding tert-OH is 1. The Morgan fingerprint density at radius 3 is 1.94 bits per heavy atom. The van der Waals surface area contributed by atoms with Gasteiger partial charge in [-0.15, -0.1) is 0 Å². The van der Waals surface area contributed by atoms with Crippen LogP contribution < -0.4 is 0 Å². The lowest BCUT2D eigenvalue weighted by Crippen LogP contribution is -2.36. The molecule has 0 aromatic heterocycles. The highest BCUT2D eigenvalue weighted by Crippen LogP contribution is 2.36. The van der Waals surface area contributed by atoms with Crippen molar-refractivity contribution in [1.29, 1.82) is 0 Å². The normalized spacial score (nSPS) is 16.2. The predicted octanol–water partition coefficient (Wildman–Crippen LogP) is 3.35. The Balaban J connectivity index is 3.02. The van der Waals surface area contributed by atoms with E-state index in [1.165, 1.54) is 0 Å². The molecule has 1 rings (SSSR count). The molecule has 0 aliphatic carbocycles. The first-order valence-electron chi connectivity index (χ1n) is 5.13. The lowest BCUT2D eigenvalue weighted by Gasteiger charge is -2.28. The quantitative estimate of drug-likeness (QED) is 0.847. The highest BCUT2D eigenvalue weighted by atomic mass is 19.4. The molecule has 1 aromatic rings. The Morgan fingerprint density at radius 2 is 1.56 bits per heavy atom. The van der Waals surface area contributed by atoms with Gasteiger partial charge in [-0.25, -0.2) is 0 Å². The van der Waals surface area contributed by atoms with E-state index in [2.05, 4.69) is 0 Å². The van der Waals surface area contributed by atoms with Crippen molar-refractivity contribution in [2.45, 2.75) is 32.0 Å². The molecule has 90 valence electrons. The maximum Gasteiger partial charge on any atom is 0.414 e. The average molecular weight is 232 g/mol. The molecule has 16 heavy (non-hydrogen) atoms. The van der Waals surface area contributed by atoms with Gasteiger partial charge in [-0.05, 0) is 11.5 Å². The molecule has 4 heteroatoms. The second-order valence-electron chi connectivity index (χ2n) is 4.17. The maximum atomic E-state index is 12.5. The molecule has 1 N–H and O–H groups in total. The van der Waals surface area contributed by atoms with Crippen LogP contribution in [0.15, 0.2) is 30.3 Å². The summed E-state index contributed by atoms with van der Waals surface area (Å²) in [6.07, 6.45) is -6.89. The van der Waals surface area contributed by atoms with Crippen molar-refractivity contribution >= 4 is 0 Å². The summed E-state index contributed by atoms with van der Waals surface area (Å²) in [5.74, 6) is -1.19. The average Bonchev–Trinajstić information content (AvgIpc) is 2.17. The fourth-order valence-corrected chi connectivity index (χ4v) is 1.81. The van der Waals surface area contributed by atoms with E-state index in [-0.39, 0.29) is 5.92 Å². The highest BCUT2D eigenvalue weighted by molar-refractivity contribution is 5.21. The molecule has 0 fully saturated rings. The third kappa shape index (κ3) is 2.98. The van der Waals surface area contributed by atoms with Gasteiger partial charge in [0, 0.05) is 5.92 Å². The van der Waals surface area contributed by atoms with E-state index in [0.717, 1.165) is 0 Å². The van der Waals surface area contributed by atoms with Crippen LogP contribution in [0.2, 0.25) is 0 Å².